The molecule has 0 bridgehead atoms. The van der Waals surface area contributed by atoms with Crippen LogP contribution in [0.25, 0.3) is 0 Å². The lowest BCUT2D eigenvalue weighted by Gasteiger charge is -1.97. The minimum Gasteiger partial charge on any atom is -0.618 e. The Balaban J connectivity index is 2.58. The molecule has 1 aromatic rings. The summed E-state index contributed by atoms with van der Waals surface area (Å²) >= 11 is 0. The van der Waals surface area contributed by atoms with E-state index < -0.39 is 0 Å². The van der Waals surface area contributed by atoms with E-state index in [1.807, 2.05) is 0 Å². The van der Waals surface area contributed by atoms with E-state index in [-0.39, 0.29) is 0 Å². The second-order valence-corrected chi connectivity index (χ2v) is 2.27. The van der Waals surface area contributed by atoms with Crippen LogP contribution in [0, 0.1) is 5.21 Å². The number of pyridine rings is 1. The zero-order valence-electron chi connectivity index (χ0n) is 7.09. The van der Waals surface area contributed by atoms with Gasteiger partial charge in [0.25, 0.3) is 0 Å². The Kier molecular flexibility index (Phi) is 3.50. The summed E-state index contributed by atoms with van der Waals surface area (Å²) in [6, 6.07) is 5.05. The molecule has 0 unspecified atom stereocenters. The molecule has 0 aliphatic heterocycles. The number of nitrogens with zero attached hydrogens (tertiary/aromatic N) is 2. The van der Waals surface area contributed by atoms with Crippen LogP contribution in [-0.2, 0) is 4.84 Å². The SMILES string of the molecule is C=CCO/N=C/c1cccc[n+]1[O-]. The Bertz CT molecular complexity index is 310. The van der Waals surface area contributed by atoms with Gasteiger partial charge in [0.1, 0.15) is 12.8 Å². The van der Waals surface area contributed by atoms with Crippen LogP contribution in [0.3, 0.4) is 0 Å². The van der Waals surface area contributed by atoms with E-state index in [0.717, 1.165) is 0 Å². The Morgan fingerprint density at radius 2 is 2.46 bits per heavy atom. The van der Waals surface area contributed by atoms with Crippen molar-refractivity contribution in [1.29, 1.82) is 0 Å². The number of hydrogen-bond acceptors (Lipinski definition) is 3. The number of oxime groups is 1. The van der Waals surface area contributed by atoms with E-state index in [4.69, 9.17) is 4.84 Å². The van der Waals surface area contributed by atoms with Crippen LogP contribution in [0.1, 0.15) is 5.69 Å². The number of aromatic nitrogens is 1. The lowest BCUT2D eigenvalue weighted by atomic mass is 10.4. The van der Waals surface area contributed by atoms with Gasteiger partial charge in [0.05, 0.1) is 0 Å². The second-order valence-electron chi connectivity index (χ2n) is 2.27. The molecule has 0 radical (unpaired) electrons. The van der Waals surface area contributed by atoms with Crippen molar-refractivity contribution >= 4 is 6.21 Å². The summed E-state index contributed by atoms with van der Waals surface area (Å²) < 4.78 is 0.709. The van der Waals surface area contributed by atoms with Crippen molar-refractivity contribution in [3.63, 3.8) is 0 Å². The molecule has 4 heteroatoms. The molecule has 0 saturated carbocycles. The van der Waals surface area contributed by atoms with Gasteiger partial charge in [-0.2, -0.15) is 4.73 Å². The third-order valence-electron chi connectivity index (χ3n) is 1.31. The van der Waals surface area contributed by atoms with Gasteiger partial charge >= 0.3 is 0 Å². The van der Waals surface area contributed by atoms with Crippen molar-refractivity contribution in [3.05, 3.63) is 48.0 Å². The van der Waals surface area contributed by atoms with Gasteiger partial charge in [-0.3, -0.25) is 0 Å². The van der Waals surface area contributed by atoms with E-state index in [0.29, 0.717) is 17.0 Å². The Hall–Kier alpha value is -1.84. The molecule has 0 saturated heterocycles. The molecular formula is C9H10N2O2. The molecule has 0 spiro atoms. The topological polar surface area (TPSA) is 48.5 Å². The highest BCUT2D eigenvalue weighted by Gasteiger charge is 1.97. The highest BCUT2D eigenvalue weighted by molar-refractivity contribution is 5.74. The first kappa shape index (κ1) is 9.25. The molecular weight excluding hydrogens is 168 g/mol. The summed E-state index contributed by atoms with van der Waals surface area (Å²) in [6.45, 7) is 3.79. The number of rotatable bonds is 4. The smallest absolute Gasteiger partial charge is 0.238 e. The predicted octanol–water partition coefficient (Wildman–Crippen LogP) is 0.856. The molecule has 0 aliphatic carbocycles. The first-order valence-corrected chi connectivity index (χ1v) is 3.79. The summed E-state index contributed by atoms with van der Waals surface area (Å²) in [4.78, 5) is 4.74. The summed E-state index contributed by atoms with van der Waals surface area (Å²) in [6.07, 6.45) is 4.33. The quantitative estimate of drug-likeness (QED) is 0.171. The molecule has 1 rings (SSSR count). The van der Waals surface area contributed by atoms with Gasteiger partial charge in [0.15, 0.2) is 6.20 Å². The summed E-state index contributed by atoms with van der Waals surface area (Å²) in [5, 5.41) is 14.6. The molecule has 0 aliphatic rings. The van der Waals surface area contributed by atoms with Crippen molar-refractivity contribution in [2.24, 2.45) is 5.16 Å². The second kappa shape index (κ2) is 4.92. The number of hydrogen-bond donors (Lipinski definition) is 0. The molecule has 0 atom stereocenters. The van der Waals surface area contributed by atoms with Gasteiger partial charge in [0.2, 0.25) is 5.69 Å². The fraction of sp³-hybridized carbons (Fsp3) is 0.111. The van der Waals surface area contributed by atoms with Gasteiger partial charge in [-0.05, 0) is 6.07 Å². The standard InChI is InChI=1S/C9H10N2O2/c1-2-7-13-10-8-9-5-3-4-6-11(9)12/h2-6,8H,1,7H2/b10-8+. The molecule has 0 amide bonds. The maximum Gasteiger partial charge on any atom is 0.238 e. The Morgan fingerprint density at radius 1 is 1.62 bits per heavy atom. The molecule has 68 valence electrons. The van der Waals surface area contributed by atoms with E-state index in [1.165, 1.54) is 12.4 Å². The normalized spacial score (nSPS) is 10.2. The van der Waals surface area contributed by atoms with Crippen LogP contribution in [0.4, 0.5) is 0 Å². The average molecular weight is 178 g/mol. The Morgan fingerprint density at radius 3 is 3.15 bits per heavy atom. The van der Waals surface area contributed by atoms with Crippen LogP contribution in [-0.4, -0.2) is 12.8 Å². The van der Waals surface area contributed by atoms with Gasteiger partial charge in [-0.1, -0.05) is 17.8 Å². The van der Waals surface area contributed by atoms with Gasteiger partial charge in [-0.25, -0.2) is 0 Å². The lowest BCUT2D eigenvalue weighted by molar-refractivity contribution is -0.606. The van der Waals surface area contributed by atoms with Crippen LogP contribution in [0.5, 0.6) is 0 Å². The molecule has 13 heavy (non-hydrogen) atoms. The van der Waals surface area contributed by atoms with E-state index in [9.17, 15) is 5.21 Å². The molecule has 1 heterocycles. The monoisotopic (exact) mass is 178 g/mol. The van der Waals surface area contributed by atoms with Crippen LogP contribution in [0.2, 0.25) is 0 Å². The maximum absolute atomic E-state index is 11.0. The largest absolute Gasteiger partial charge is 0.618 e. The third-order valence-corrected chi connectivity index (χ3v) is 1.31. The van der Waals surface area contributed by atoms with Gasteiger partial charge in [-0.15, -0.1) is 0 Å². The van der Waals surface area contributed by atoms with E-state index in [1.54, 1.807) is 24.3 Å². The summed E-state index contributed by atoms with van der Waals surface area (Å²) in [7, 11) is 0. The summed E-state index contributed by atoms with van der Waals surface area (Å²) in [5.74, 6) is 0. The third kappa shape index (κ3) is 2.94. The van der Waals surface area contributed by atoms with Crippen LogP contribution < -0.4 is 4.73 Å². The molecule has 0 N–H and O–H groups in total. The van der Waals surface area contributed by atoms with Crippen molar-refractivity contribution in [1.82, 2.24) is 0 Å². The zero-order valence-corrected chi connectivity index (χ0v) is 7.09. The van der Waals surface area contributed by atoms with Crippen molar-refractivity contribution < 1.29 is 9.57 Å². The summed E-state index contributed by atoms with van der Waals surface area (Å²) in [5.41, 5.74) is 0.437. The van der Waals surface area contributed by atoms with Gasteiger partial charge < -0.3 is 10.0 Å². The zero-order chi connectivity index (χ0) is 9.52. The molecule has 1 aromatic heterocycles. The fourth-order valence-corrected chi connectivity index (χ4v) is 0.728. The van der Waals surface area contributed by atoms with Crippen LogP contribution in [0.15, 0.2) is 42.2 Å². The van der Waals surface area contributed by atoms with E-state index in [2.05, 4.69) is 11.7 Å². The predicted molar refractivity (Wildman–Crippen MR) is 49.1 cm³/mol. The molecule has 0 aromatic carbocycles. The first-order chi connectivity index (χ1) is 6.34. The average Bonchev–Trinajstić information content (AvgIpc) is 2.15. The Labute approximate surface area is 76.3 Å². The maximum atomic E-state index is 11.0. The van der Waals surface area contributed by atoms with E-state index >= 15 is 0 Å². The minimum absolute atomic E-state index is 0.336. The minimum atomic E-state index is 0.336. The highest BCUT2D eigenvalue weighted by atomic mass is 16.6. The van der Waals surface area contributed by atoms with Crippen molar-refractivity contribution in [3.8, 4) is 0 Å². The molecule has 0 fully saturated rings. The van der Waals surface area contributed by atoms with Crippen molar-refractivity contribution in [2.45, 2.75) is 0 Å². The van der Waals surface area contributed by atoms with Crippen molar-refractivity contribution in [2.75, 3.05) is 6.61 Å². The highest BCUT2D eigenvalue weighted by Crippen LogP contribution is 1.86. The molecule has 4 nitrogen and oxygen atoms in total. The fourth-order valence-electron chi connectivity index (χ4n) is 0.728. The lowest BCUT2D eigenvalue weighted by Crippen LogP contribution is -2.30. The first-order valence-electron chi connectivity index (χ1n) is 3.79. The van der Waals surface area contributed by atoms with Crippen LogP contribution >= 0.6 is 0 Å². The van der Waals surface area contributed by atoms with Gasteiger partial charge in [0, 0.05) is 12.1 Å².